The van der Waals surface area contributed by atoms with E-state index in [4.69, 9.17) is 4.74 Å². The second-order valence-corrected chi connectivity index (χ2v) is 7.78. The van der Waals surface area contributed by atoms with E-state index in [9.17, 15) is 4.79 Å². The average Bonchev–Trinajstić information content (AvgIpc) is 3.15. The predicted octanol–water partition coefficient (Wildman–Crippen LogP) is 4.14. The number of hydrogen-bond acceptors (Lipinski definition) is 4. The zero-order valence-corrected chi connectivity index (χ0v) is 19.5. The SMILES string of the molecule is CNCC1CCN(C(=O)c2ccccc2OCc2cn3cc(C)ccc3n2)CC1.Cl.Cl. The van der Waals surface area contributed by atoms with Crippen molar-refractivity contribution in [1.29, 1.82) is 0 Å². The minimum Gasteiger partial charge on any atom is -0.486 e. The van der Waals surface area contributed by atoms with Gasteiger partial charge in [-0.05, 0) is 63.0 Å². The monoisotopic (exact) mass is 464 g/mol. The third-order valence-corrected chi connectivity index (χ3v) is 5.54. The van der Waals surface area contributed by atoms with Gasteiger partial charge in [0.2, 0.25) is 0 Å². The molecule has 8 heteroatoms. The zero-order chi connectivity index (χ0) is 20.2. The number of likely N-dealkylation sites (tertiary alicyclic amines) is 1. The Morgan fingerprint density at radius 1 is 1.13 bits per heavy atom. The minimum absolute atomic E-state index is 0. The molecule has 0 radical (unpaired) electrons. The molecule has 0 atom stereocenters. The minimum atomic E-state index is 0. The fourth-order valence-corrected chi connectivity index (χ4v) is 3.95. The first-order chi connectivity index (χ1) is 14.1. The van der Waals surface area contributed by atoms with Gasteiger partial charge in [0.1, 0.15) is 18.0 Å². The van der Waals surface area contributed by atoms with Crippen LogP contribution in [0.5, 0.6) is 5.75 Å². The summed E-state index contributed by atoms with van der Waals surface area (Å²) in [6, 6.07) is 11.5. The smallest absolute Gasteiger partial charge is 0.257 e. The number of nitrogens with zero attached hydrogens (tertiary/aromatic N) is 3. The van der Waals surface area contributed by atoms with Gasteiger partial charge in [0.05, 0.1) is 11.3 Å². The van der Waals surface area contributed by atoms with Crippen LogP contribution in [0.1, 0.15) is 34.5 Å². The van der Waals surface area contributed by atoms with Gasteiger partial charge < -0.3 is 19.4 Å². The Morgan fingerprint density at radius 3 is 2.61 bits per heavy atom. The highest BCUT2D eigenvalue weighted by atomic mass is 35.5. The van der Waals surface area contributed by atoms with Crippen molar-refractivity contribution < 1.29 is 9.53 Å². The van der Waals surface area contributed by atoms with E-state index >= 15 is 0 Å². The van der Waals surface area contributed by atoms with Crippen LogP contribution in [0.3, 0.4) is 0 Å². The van der Waals surface area contributed by atoms with Crippen LogP contribution < -0.4 is 10.1 Å². The van der Waals surface area contributed by atoms with Gasteiger partial charge in [-0.15, -0.1) is 24.8 Å². The Kier molecular flexibility index (Phi) is 9.16. The van der Waals surface area contributed by atoms with Crippen molar-refractivity contribution in [3.63, 3.8) is 0 Å². The Bertz CT molecular complexity index is 1000. The summed E-state index contributed by atoms with van der Waals surface area (Å²) in [5, 5.41) is 3.24. The van der Waals surface area contributed by atoms with Crippen LogP contribution in [-0.2, 0) is 6.61 Å². The first kappa shape index (κ1) is 25.0. The molecular weight excluding hydrogens is 435 g/mol. The molecule has 1 N–H and O–H groups in total. The highest BCUT2D eigenvalue weighted by Gasteiger charge is 2.25. The van der Waals surface area contributed by atoms with E-state index in [1.807, 2.05) is 65.1 Å². The van der Waals surface area contributed by atoms with E-state index < -0.39 is 0 Å². The lowest BCUT2D eigenvalue weighted by molar-refractivity contribution is 0.0686. The van der Waals surface area contributed by atoms with E-state index in [0.29, 0.717) is 23.8 Å². The van der Waals surface area contributed by atoms with Gasteiger partial charge in [-0.3, -0.25) is 4.79 Å². The molecule has 1 amide bonds. The number of nitrogens with one attached hydrogen (secondary N) is 1. The van der Waals surface area contributed by atoms with Crippen molar-refractivity contribution in [3.05, 3.63) is 65.6 Å². The molecule has 3 aromatic rings. The molecule has 6 nitrogen and oxygen atoms in total. The molecule has 1 fully saturated rings. The van der Waals surface area contributed by atoms with Crippen LogP contribution in [0.4, 0.5) is 0 Å². The molecule has 1 aliphatic heterocycles. The molecular formula is C23H30Cl2N4O2. The summed E-state index contributed by atoms with van der Waals surface area (Å²) in [5.74, 6) is 1.31. The quantitative estimate of drug-likeness (QED) is 0.595. The van der Waals surface area contributed by atoms with Gasteiger partial charge in [-0.1, -0.05) is 18.2 Å². The first-order valence-corrected chi connectivity index (χ1v) is 10.2. The topological polar surface area (TPSA) is 58.9 Å². The van der Waals surface area contributed by atoms with Gasteiger partial charge in [-0.25, -0.2) is 4.98 Å². The molecule has 168 valence electrons. The van der Waals surface area contributed by atoms with Crippen molar-refractivity contribution in [2.75, 3.05) is 26.7 Å². The van der Waals surface area contributed by atoms with Crippen LogP contribution in [0.15, 0.2) is 48.8 Å². The Labute approximate surface area is 195 Å². The summed E-state index contributed by atoms with van der Waals surface area (Å²) in [5.41, 5.74) is 3.53. The number of halogens is 2. The lowest BCUT2D eigenvalue weighted by Crippen LogP contribution is -2.40. The van der Waals surface area contributed by atoms with Gasteiger partial charge in [0.15, 0.2) is 0 Å². The number of carbonyl (C=O) groups excluding carboxylic acids is 1. The standard InChI is InChI=1S/C23H28N4O2.2ClH/c1-17-7-8-22-25-19(15-27(22)14-17)16-29-21-6-4-3-5-20(21)23(28)26-11-9-18(10-12-26)13-24-2;;/h3-8,14-15,18,24H,9-13,16H2,1-2H3;2*1H. The number of para-hydroxylation sites is 1. The van der Waals surface area contributed by atoms with Crippen molar-refractivity contribution >= 4 is 36.4 Å². The van der Waals surface area contributed by atoms with Crippen LogP contribution in [0.2, 0.25) is 0 Å². The zero-order valence-electron chi connectivity index (χ0n) is 17.9. The summed E-state index contributed by atoms with van der Waals surface area (Å²) in [6.45, 7) is 4.99. The molecule has 4 rings (SSSR count). The largest absolute Gasteiger partial charge is 0.486 e. The summed E-state index contributed by atoms with van der Waals surface area (Å²) in [6.07, 6.45) is 6.09. The molecule has 0 spiro atoms. The average molecular weight is 465 g/mol. The second-order valence-electron chi connectivity index (χ2n) is 7.78. The lowest BCUT2D eigenvalue weighted by Gasteiger charge is -2.32. The van der Waals surface area contributed by atoms with E-state index in [1.165, 1.54) is 5.56 Å². The van der Waals surface area contributed by atoms with E-state index in [0.717, 1.165) is 43.8 Å². The van der Waals surface area contributed by atoms with Crippen LogP contribution in [0, 0.1) is 12.8 Å². The molecule has 0 aliphatic carbocycles. The fraction of sp³-hybridized carbons (Fsp3) is 0.391. The molecule has 31 heavy (non-hydrogen) atoms. The highest BCUT2D eigenvalue weighted by Crippen LogP contribution is 2.24. The Balaban J connectivity index is 0.00000171. The van der Waals surface area contributed by atoms with E-state index in [2.05, 4.69) is 17.2 Å². The van der Waals surface area contributed by atoms with Gasteiger partial charge in [0, 0.05) is 25.5 Å². The molecule has 1 aliphatic rings. The Morgan fingerprint density at radius 2 is 1.87 bits per heavy atom. The molecule has 2 aromatic heterocycles. The van der Waals surface area contributed by atoms with Gasteiger partial charge in [-0.2, -0.15) is 0 Å². The first-order valence-electron chi connectivity index (χ1n) is 10.2. The van der Waals surface area contributed by atoms with Crippen molar-refractivity contribution in [2.45, 2.75) is 26.4 Å². The number of pyridine rings is 1. The number of piperidine rings is 1. The van der Waals surface area contributed by atoms with Crippen LogP contribution in [-0.4, -0.2) is 46.9 Å². The number of aryl methyl sites for hydroxylation is 1. The molecule has 0 saturated carbocycles. The normalized spacial score (nSPS) is 14.1. The van der Waals surface area contributed by atoms with E-state index in [1.54, 1.807) is 0 Å². The Hall–Kier alpha value is -2.28. The van der Waals surface area contributed by atoms with Crippen LogP contribution >= 0.6 is 24.8 Å². The maximum atomic E-state index is 13.1. The molecule has 1 saturated heterocycles. The molecule has 1 aromatic carbocycles. The number of hydrogen-bond donors (Lipinski definition) is 1. The van der Waals surface area contributed by atoms with Crippen LogP contribution in [0.25, 0.3) is 5.65 Å². The number of carbonyl (C=O) groups is 1. The highest BCUT2D eigenvalue weighted by molar-refractivity contribution is 5.97. The summed E-state index contributed by atoms with van der Waals surface area (Å²) in [4.78, 5) is 19.6. The number of ether oxygens (including phenoxy) is 1. The summed E-state index contributed by atoms with van der Waals surface area (Å²) in [7, 11) is 1.98. The summed E-state index contributed by atoms with van der Waals surface area (Å²) < 4.78 is 8.02. The van der Waals surface area contributed by atoms with Gasteiger partial charge >= 0.3 is 0 Å². The van der Waals surface area contributed by atoms with Crippen molar-refractivity contribution in [3.8, 4) is 5.75 Å². The number of aromatic nitrogens is 2. The summed E-state index contributed by atoms with van der Waals surface area (Å²) >= 11 is 0. The number of imidazole rings is 1. The lowest BCUT2D eigenvalue weighted by atomic mass is 9.96. The second kappa shape index (κ2) is 11.4. The third-order valence-electron chi connectivity index (χ3n) is 5.54. The molecule has 3 heterocycles. The number of rotatable bonds is 6. The fourth-order valence-electron chi connectivity index (χ4n) is 3.95. The van der Waals surface area contributed by atoms with Crippen molar-refractivity contribution in [1.82, 2.24) is 19.6 Å². The predicted molar refractivity (Wildman–Crippen MR) is 128 cm³/mol. The van der Waals surface area contributed by atoms with E-state index in [-0.39, 0.29) is 30.7 Å². The molecule has 0 unspecified atom stereocenters. The number of benzene rings is 1. The van der Waals surface area contributed by atoms with Gasteiger partial charge in [0.25, 0.3) is 5.91 Å². The number of fused-ring (bicyclic) bond motifs is 1. The number of amides is 1. The third kappa shape index (κ3) is 5.91. The van der Waals surface area contributed by atoms with Crippen molar-refractivity contribution in [2.24, 2.45) is 5.92 Å². The molecule has 0 bridgehead atoms. The maximum absolute atomic E-state index is 13.1. The maximum Gasteiger partial charge on any atom is 0.257 e.